The third kappa shape index (κ3) is 7.94. The highest BCUT2D eigenvalue weighted by molar-refractivity contribution is 6.30. The van der Waals surface area contributed by atoms with Crippen LogP contribution in [0.5, 0.6) is 17.2 Å². The molecule has 2 N–H and O–H groups in total. The van der Waals surface area contributed by atoms with Gasteiger partial charge in [-0.05, 0) is 90.3 Å². The van der Waals surface area contributed by atoms with Crippen LogP contribution in [0.15, 0.2) is 102 Å². The second kappa shape index (κ2) is 14.8. The molecule has 0 saturated carbocycles. The molecule has 0 saturated heterocycles. The lowest BCUT2D eigenvalue weighted by molar-refractivity contribution is -0.122. The van der Waals surface area contributed by atoms with Crippen molar-refractivity contribution in [1.29, 1.82) is 0 Å². The number of amides is 1. The number of ether oxygens (including phenoxy) is 2. The Labute approximate surface area is 294 Å². The van der Waals surface area contributed by atoms with E-state index in [4.69, 9.17) is 21.1 Å². The molecule has 1 heterocycles. The minimum atomic E-state index is -0.693. The van der Waals surface area contributed by atoms with E-state index in [1.165, 1.54) is 10.2 Å². The molecule has 5 rings (SSSR count). The highest BCUT2D eigenvalue weighted by atomic mass is 35.5. The minimum Gasteiger partial charge on any atom is -0.480 e. The number of carbonyl (C=O) groups is 1. The lowest BCUT2D eigenvalue weighted by Gasteiger charge is -2.31. The Morgan fingerprint density at radius 3 is 2.12 bits per heavy atom. The average molecular weight is 680 g/mol. The molecule has 7 nitrogen and oxygen atoms in total. The van der Waals surface area contributed by atoms with E-state index < -0.39 is 6.10 Å². The normalized spacial score (nSPS) is 12.4. The van der Waals surface area contributed by atoms with E-state index in [9.17, 15) is 9.59 Å². The van der Waals surface area contributed by atoms with Gasteiger partial charge in [0, 0.05) is 21.8 Å². The molecule has 0 bridgehead atoms. The molecule has 1 amide bonds. The monoisotopic (exact) mass is 679 g/mol. The zero-order valence-corrected chi connectivity index (χ0v) is 30.2. The van der Waals surface area contributed by atoms with Crippen molar-refractivity contribution < 1.29 is 14.3 Å². The summed E-state index contributed by atoms with van der Waals surface area (Å²) in [5.41, 5.74) is 4.33. The van der Waals surface area contributed by atoms with Crippen molar-refractivity contribution in [3.8, 4) is 34.2 Å². The molecule has 0 aliphatic heterocycles. The van der Waals surface area contributed by atoms with Crippen LogP contribution >= 0.6 is 11.6 Å². The number of hydrogen-bond acceptors (Lipinski definition) is 4. The Bertz CT molecular complexity index is 1940. The molecule has 4 aromatic carbocycles. The molecule has 1 unspecified atom stereocenters. The highest BCUT2D eigenvalue weighted by Crippen LogP contribution is 2.39. The van der Waals surface area contributed by atoms with Gasteiger partial charge in [-0.2, -0.15) is 0 Å². The molecule has 1 aromatic heterocycles. The van der Waals surface area contributed by atoms with E-state index >= 15 is 0 Å². The van der Waals surface area contributed by atoms with Crippen LogP contribution in [-0.2, 0) is 15.6 Å². The number of nitrogens with zero attached hydrogens (tertiary/aromatic N) is 1. The zero-order valence-electron chi connectivity index (χ0n) is 29.4. The van der Waals surface area contributed by atoms with Crippen LogP contribution in [0.4, 0.5) is 5.69 Å². The fourth-order valence-electron chi connectivity index (χ4n) is 5.49. The number of halogens is 1. The molecule has 256 valence electrons. The van der Waals surface area contributed by atoms with Crippen LogP contribution < -0.4 is 20.3 Å². The highest BCUT2D eigenvalue weighted by Gasteiger charge is 2.29. The van der Waals surface area contributed by atoms with Crippen molar-refractivity contribution in [2.24, 2.45) is 0 Å². The summed E-state index contributed by atoms with van der Waals surface area (Å²) in [5.74, 6) is 1.19. The number of hydrogen-bond donors (Lipinski definition) is 2. The van der Waals surface area contributed by atoms with E-state index in [-0.39, 0.29) is 28.0 Å². The first-order valence-electron chi connectivity index (χ1n) is 16.9. The molecule has 0 aliphatic rings. The fraction of sp³-hybridized carbons (Fsp3) is 0.317. The van der Waals surface area contributed by atoms with Crippen molar-refractivity contribution in [2.75, 3.05) is 5.32 Å². The second-order valence-corrected chi connectivity index (χ2v) is 14.1. The van der Waals surface area contributed by atoms with Gasteiger partial charge in [-0.3, -0.25) is 14.7 Å². The Morgan fingerprint density at radius 1 is 0.857 bits per heavy atom. The van der Waals surface area contributed by atoms with Crippen LogP contribution in [0.1, 0.15) is 78.9 Å². The second-order valence-electron chi connectivity index (χ2n) is 13.6. The van der Waals surface area contributed by atoms with Gasteiger partial charge in [0.2, 0.25) is 5.75 Å². The van der Waals surface area contributed by atoms with Gasteiger partial charge in [0.25, 0.3) is 5.91 Å². The Kier molecular flexibility index (Phi) is 10.7. The van der Waals surface area contributed by atoms with Gasteiger partial charge in [-0.25, -0.2) is 4.68 Å². The van der Waals surface area contributed by atoms with E-state index in [2.05, 4.69) is 64.1 Å². The maximum absolute atomic E-state index is 13.7. The smallest absolute Gasteiger partial charge is 0.314 e. The summed E-state index contributed by atoms with van der Waals surface area (Å²) in [5, 5.41) is 6.80. The molecule has 0 fully saturated rings. The topological polar surface area (TPSA) is 85.3 Å². The van der Waals surface area contributed by atoms with Gasteiger partial charge >= 0.3 is 5.56 Å². The molecule has 49 heavy (non-hydrogen) atoms. The molecule has 0 spiro atoms. The number of benzene rings is 4. The first-order chi connectivity index (χ1) is 23.4. The lowest BCUT2D eigenvalue weighted by atomic mass is 9.76. The SMILES string of the molecule is CCC(Oc1ccc(C(C)(C)CC)cc1C(C)(C)CC)C(=O)Nc1ccc(-n2[nH]c(-c3ccc(Cl)cc3)c(Oc3ccccc3)c2=O)cc1. The first-order valence-corrected chi connectivity index (χ1v) is 17.3. The van der Waals surface area contributed by atoms with Crippen molar-refractivity contribution in [1.82, 2.24) is 9.78 Å². The molecular weight excluding hydrogens is 634 g/mol. The van der Waals surface area contributed by atoms with Gasteiger partial charge in [0.1, 0.15) is 17.2 Å². The minimum absolute atomic E-state index is 0.0317. The third-order valence-electron chi connectivity index (χ3n) is 9.53. The van der Waals surface area contributed by atoms with Gasteiger partial charge in [-0.15, -0.1) is 0 Å². The summed E-state index contributed by atoms with van der Waals surface area (Å²) in [4.78, 5) is 27.2. The third-order valence-corrected chi connectivity index (χ3v) is 9.78. The number of carbonyl (C=O) groups excluding carboxylic acids is 1. The van der Waals surface area contributed by atoms with Crippen molar-refractivity contribution in [2.45, 2.75) is 84.7 Å². The molecule has 0 aliphatic carbocycles. The Hall–Kier alpha value is -4.75. The summed E-state index contributed by atoms with van der Waals surface area (Å²) in [6, 6.07) is 29.8. The quantitative estimate of drug-likeness (QED) is 0.130. The van der Waals surface area contributed by atoms with E-state index in [0.29, 0.717) is 34.3 Å². The summed E-state index contributed by atoms with van der Waals surface area (Å²) < 4.78 is 14.0. The van der Waals surface area contributed by atoms with E-state index in [0.717, 1.165) is 29.7 Å². The number of H-pyrrole nitrogens is 1. The van der Waals surface area contributed by atoms with Crippen molar-refractivity contribution in [3.63, 3.8) is 0 Å². The first kappa shape index (κ1) is 35.6. The summed E-state index contributed by atoms with van der Waals surface area (Å²) in [6.07, 6.45) is 1.75. The number of aromatic nitrogens is 2. The van der Waals surface area contributed by atoms with Gasteiger partial charge in [0.05, 0.1) is 5.69 Å². The standard InChI is InChI=1S/C41H46ClN3O4/c1-8-34(49-35-25-18-28(40(4,5)9-2)26-33(35)41(6,7)10-3)38(46)43-30-21-23-31(24-22-30)45-39(47)37(48-32-14-12-11-13-15-32)36(44-45)27-16-19-29(42)20-17-27/h11-26,34,44H,8-10H2,1-7H3,(H,43,46). The Morgan fingerprint density at radius 2 is 1.51 bits per heavy atom. The van der Waals surface area contributed by atoms with Crippen molar-refractivity contribution in [3.05, 3.63) is 124 Å². The summed E-state index contributed by atoms with van der Waals surface area (Å²) in [7, 11) is 0. The van der Waals surface area contributed by atoms with Crippen LogP contribution in [0.2, 0.25) is 5.02 Å². The maximum Gasteiger partial charge on any atom is 0.314 e. The zero-order chi connectivity index (χ0) is 35.3. The fourth-order valence-corrected chi connectivity index (χ4v) is 5.61. The largest absolute Gasteiger partial charge is 0.480 e. The number of rotatable bonds is 13. The molecule has 8 heteroatoms. The molecule has 0 radical (unpaired) electrons. The lowest BCUT2D eigenvalue weighted by Crippen LogP contribution is -2.33. The predicted octanol–water partition coefficient (Wildman–Crippen LogP) is 10.4. The number of aromatic amines is 1. The molecular formula is C41H46ClN3O4. The number of anilines is 1. The Balaban J connectivity index is 1.38. The van der Waals surface area contributed by atoms with Gasteiger partial charge in [-0.1, -0.05) is 103 Å². The van der Waals surface area contributed by atoms with Crippen LogP contribution in [0.3, 0.4) is 0 Å². The van der Waals surface area contributed by atoms with E-state index in [1.807, 2.05) is 43.3 Å². The van der Waals surface area contributed by atoms with Crippen molar-refractivity contribution >= 4 is 23.2 Å². The van der Waals surface area contributed by atoms with Gasteiger partial charge < -0.3 is 14.8 Å². The van der Waals surface area contributed by atoms with Gasteiger partial charge in [0.15, 0.2) is 6.10 Å². The molecule has 1 atom stereocenters. The predicted molar refractivity (Wildman–Crippen MR) is 200 cm³/mol. The van der Waals surface area contributed by atoms with Crippen LogP contribution in [-0.4, -0.2) is 21.8 Å². The number of para-hydroxylation sites is 1. The van der Waals surface area contributed by atoms with E-state index in [1.54, 1.807) is 48.5 Å². The summed E-state index contributed by atoms with van der Waals surface area (Å²) >= 11 is 6.13. The van der Waals surface area contributed by atoms with Crippen LogP contribution in [0.25, 0.3) is 16.9 Å². The average Bonchev–Trinajstić information content (AvgIpc) is 3.43. The number of nitrogens with one attached hydrogen (secondary N) is 2. The maximum atomic E-state index is 13.7. The summed E-state index contributed by atoms with van der Waals surface area (Å²) in [6.45, 7) is 15.2. The molecule has 5 aromatic rings. The van der Waals surface area contributed by atoms with Crippen LogP contribution in [0, 0.1) is 0 Å².